The minimum absolute atomic E-state index is 0.250. The van der Waals surface area contributed by atoms with Crippen LogP contribution in [0.15, 0.2) is 48.7 Å². The summed E-state index contributed by atoms with van der Waals surface area (Å²) in [4.78, 5) is 21.1. The van der Waals surface area contributed by atoms with Crippen molar-refractivity contribution >= 4 is 23.2 Å². The molecule has 0 spiro atoms. The first-order valence-corrected chi connectivity index (χ1v) is 8.71. The Labute approximate surface area is 163 Å². The van der Waals surface area contributed by atoms with Crippen LogP contribution in [0.4, 0.5) is 17.3 Å². The van der Waals surface area contributed by atoms with Gasteiger partial charge in [-0.3, -0.25) is 4.79 Å². The van der Waals surface area contributed by atoms with Crippen LogP contribution in [0.25, 0.3) is 0 Å². The van der Waals surface area contributed by atoms with Gasteiger partial charge in [0.1, 0.15) is 17.2 Å². The zero-order chi connectivity index (χ0) is 20.1. The minimum atomic E-state index is -0.309. The van der Waals surface area contributed by atoms with Crippen molar-refractivity contribution in [2.45, 2.75) is 13.8 Å². The Morgan fingerprint density at radius 3 is 2.54 bits per heavy atom. The molecule has 3 rings (SSSR count). The Morgan fingerprint density at radius 1 is 0.964 bits per heavy atom. The summed E-state index contributed by atoms with van der Waals surface area (Å²) in [5, 5.41) is 5.97. The van der Waals surface area contributed by atoms with Gasteiger partial charge in [0.05, 0.1) is 19.9 Å². The standard InChI is InChI=1S/C21H22N4O3/c1-13-5-6-14(2)17(11-13)23-20(26)16-9-10-22-21(24-16)25-18-12-15(27-3)7-8-19(18)28-4/h5-12H,1-4H3,(H,23,26)(H,22,24,25). The van der Waals surface area contributed by atoms with Crippen molar-refractivity contribution in [1.29, 1.82) is 0 Å². The molecule has 0 bridgehead atoms. The van der Waals surface area contributed by atoms with Gasteiger partial charge < -0.3 is 20.1 Å². The van der Waals surface area contributed by atoms with Crippen molar-refractivity contribution in [3.63, 3.8) is 0 Å². The van der Waals surface area contributed by atoms with E-state index in [2.05, 4.69) is 20.6 Å². The highest BCUT2D eigenvalue weighted by atomic mass is 16.5. The third kappa shape index (κ3) is 4.37. The minimum Gasteiger partial charge on any atom is -0.497 e. The third-order valence-electron chi connectivity index (χ3n) is 4.18. The van der Waals surface area contributed by atoms with Crippen LogP contribution in [0.1, 0.15) is 21.6 Å². The number of hydrogen-bond donors (Lipinski definition) is 2. The molecule has 1 heterocycles. The van der Waals surface area contributed by atoms with E-state index in [0.717, 1.165) is 16.8 Å². The molecule has 0 saturated heterocycles. The van der Waals surface area contributed by atoms with Crippen molar-refractivity contribution in [1.82, 2.24) is 9.97 Å². The van der Waals surface area contributed by atoms with Gasteiger partial charge >= 0.3 is 0 Å². The zero-order valence-electron chi connectivity index (χ0n) is 16.2. The second-order valence-corrected chi connectivity index (χ2v) is 6.23. The molecule has 0 saturated carbocycles. The molecule has 0 unspecified atom stereocenters. The number of anilines is 3. The van der Waals surface area contributed by atoms with Crippen molar-refractivity contribution < 1.29 is 14.3 Å². The Hall–Kier alpha value is -3.61. The first-order chi connectivity index (χ1) is 13.5. The Bertz CT molecular complexity index is 1000. The van der Waals surface area contributed by atoms with E-state index in [0.29, 0.717) is 17.2 Å². The van der Waals surface area contributed by atoms with Gasteiger partial charge in [0, 0.05) is 18.0 Å². The number of aromatic nitrogens is 2. The van der Waals surface area contributed by atoms with E-state index in [9.17, 15) is 4.79 Å². The maximum absolute atomic E-state index is 12.6. The monoisotopic (exact) mass is 378 g/mol. The highest BCUT2D eigenvalue weighted by molar-refractivity contribution is 6.03. The maximum atomic E-state index is 12.6. The van der Waals surface area contributed by atoms with Crippen molar-refractivity contribution in [3.05, 3.63) is 65.5 Å². The summed E-state index contributed by atoms with van der Waals surface area (Å²) in [6.07, 6.45) is 1.53. The molecule has 0 atom stereocenters. The van der Waals surface area contributed by atoms with Gasteiger partial charge in [0.15, 0.2) is 0 Å². The molecule has 0 radical (unpaired) electrons. The molecule has 7 heteroatoms. The average Bonchev–Trinajstić information content (AvgIpc) is 2.70. The van der Waals surface area contributed by atoms with Crippen LogP contribution in [-0.4, -0.2) is 30.1 Å². The van der Waals surface area contributed by atoms with E-state index in [1.807, 2.05) is 32.0 Å². The number of hydrogen-bond acceptors (Lipinski definition) is 6. The fraction of sp³-hybridized carbons (Fsp3) is 0.190. The van der Waals surface area contributed by atoms with Crippen molar-refractivity contribution in [3.8, 4) is 11.5 Å². The number of nitrogens with zero attached hydrogens (tertiary/aromatic N) is 2. The SMILES string of the molecule is COc1ccc(OC)c(Nc2nccc(C(=O)Nc3cc(C)ccc3C)n2)c1. The lowest BCUT2D eigenvalue weighted by Crippen LogP contribution is -2.15. The first kappa shape index (κ1) is 19.2. The van der Waals surface area contributed by atoms with Crippen LogP contribution in [0.5, 0.6) is 11.5 Å². The smallest absolute Gasteiger partial charge is 0.274 e. The second-order valence-electron chi connectivity index (χ2n) is 6.23. The van der Waals surface area contributed by atoms with E-state index in [4.69, 9.17) is 9.47 Å². The van der Waals surface area contributed by atoms with Crippen LogP contribution >= 0.6 is 0 Å². The summed E-state index contributed by atoms with van der Waals surface area (Å²) < 4.78 is 10.6. The number of carbonyl (C=O) groups is 1. The molecule has 0 aliphatic carbocycles. The summed E-state index contributed by atoms with van der Waals surface area (Å²) in [6.45, 7) is 3.92. The summed E-state index contributed by atoms with van der Waals surface area (Å²) >= 11 is 0. The fourth-order valence-corrected chi connectivity index (χ4v) is 2.63. The van der Waals surface area contributed by atoms with Crippen molar-refractivity contribution in [2.24, 2.45) is 0 Å². The largest absolute Gasteiger partial charge is 0.497 e. The quantitative estimate of drug-likeness (QED) is 0.671. The summed E-state index contributed by atoms with van der Waals surface area (Å²) in [7, 11) is 3.15. The van der Waals surface area contributed by atoms with Crippen LogP contribution in [0.2, 0.25) is 0 Å². The summed E-state index contributed by atoms with van der Waals surface area (Å²) in [5.74, 6) is 1.23. The number of ether oxygens (including phenoxy) is 2. The number of aryl methyl sites for hydroxylation is 2. The van der Waals surface area contributed by atoms with E-state index in [1.165, 1.54) is 6.20 Å². The van der Waals surface area contributed by atoms with Crippen LogP contribution in [0, 0.1) is 13.8 Å². The van der Waals surface area contributed by atoms with Crippen molar-refractivity contribution in [2.75, 3.05) is 24.9 Å². The lowest BCUT2D eigenvalue weighted by Gasteiger charge is -2.12. The molecular formula is C21H22N4O3. The Balaban J connectivity index is 1.82. The second kappa shape index (κ2) is 8.39. The number of benzene rings is 2. The third-order valence-corrected chi connectivity index (χ3v) is 4.18. The first-order valence-electron chi connectivity index (χ1n) is 8.71. The molecule has 7 nitrogen and oxygen atoms in total. The maximum Gasteiger partial charge on any atom is 0.274 e. The molecule has 2 N–H and O–H groups in total. The van der Waals surface area contributed by atoms with E-state index < -0.39 is 0 Å². The number of carbonyl (C=O) groups excluding carboxylic acids is 1. The molecule has 2 aromatic carbocycles. The predicted molar refractivity (Wildman–Crippen MR) is 109 cm³/mol. The molecule has 0 fully saturated rings. The summed E-state index contributed by atoms with van der Waals surface area (Å²) in [6, 6.07) is 12.8. The average molecular weight is 378 g/mol. The van der Waals surface area contributed by atoms with Gasteiger partial charge in [-0.2, -0.15) is 0 Å². The molecule has 3 aromatic rings. The van der Waals surface area contributed by atoms with Gasteiger partial charge in [-0.15, -0.1) is 0 Å². The molecule has 28 heavy (non-hydrogen) atoms. The number of rotatable bonds is 6. The number of methoxy groups -OCH3 is 2. The fourth-order valence-electron chi connectivity index (χ4n) is 2.63. The highest BCUT2D eigenvalue weighted by Crippen LogP contribution is 2.30. The normalized spacial score (nSPS) is 10.3. The molecule has 0 aliphatic heterocycles. The van der Waals surface area contributed by atoms with Gasteiger partial charge in [0.25, 0.3) is 5.91 Å². The highest BCUT2D eigenvalue weighted by Gasteiger charge is 2.12. The van der Waals surface area contributed by atoms with Gasteiger partial charge in [0.2, 0.25) is 5.95 Å². The predicted octanol–water partition coefficient (Wildman–Crippen LogP) is 4.11. The molecule has 1 amide bonds. The number of amides is 1. The van der Waals surface area contributed by atoms with E-state index in [1.54, 1.807) is 38.5 Å². The lowest BCUT2D eigenvalue weighted by atomic mass is 10.1. The van der Waals surface area contributed by atoms with Gasteiger partial charge in [-0.25, -0.2) is 9.97 Å². The topological polar surface area (TPSA) is 85.4 Å². The Morgan fingerprint density at radius 2 is 1.79 bits per heavy atom. The Kier molecular flexibility index (Phi) is 5.74. The van der Waals surface area contributed by atoms with Gasteiger partial charge in [-0.1, -0.05) is 12.1 Å². The van der Waals surface area contributed by atoms with Crippen LogP contribution in [0.3, 0.4) is 0 Å². The zero-order valence-corrected chi connectivity index (χ0v) is 16.2. The van der Waals surface area contributed by atoms with Crippen LogP contribution < -0.4 is 20.1 Å². The van der Waals surface area contributed by atoms with Gasteiger partial charge in [-0.05, 0) is 49.2 Å². The molecule has 144 valence electrons. The summed E-state index contributed by atoms with van der Waals surface area (Å²) in [5.41, 5.74) is 3.69. The van der Waals surface area contributed by atoms with E-state index in [-0.39, 0.29) is 17.5 Å². The lowest BCUT2D eigenvalue weighted by molar-refractivity contribution is 0.102. The molecule has 1 aromatic heterocycles. The molecule has 0 aliphatic rings. The van der Waals surface area contributed by atoms with E-state index >= 15 is 0 Å². The molecular weight excluding hydrogens is 356 g/mol. The number of nitrogens with one attached hydrogen (secondary N) is 2. The van der Waals surface area contributed by atoms with Crippen LogP contribution in [-0.2, 0) is 0 Å².